The zero-order chi connectivity index (χ0) is 29.4. The van der Waals surface area contributed by atoms with Crippen molar-refractivity contribution in [3.05, 3.63) is 75.1 Å². The zero-order valence-corrected chi connectivity index (χ0v) is 22.6. The van der Waals surface area contributed by atoms with Crippen molar-refractivity contribution >= 4 is 57.5 Å². The van der Waals surface area contributed by atoms with Crippen LogP contribution in [0.3, 0.4) is 0 Å². The number of aryl methyl sites for hydroxylation is 1. The molecule has 0 saturated heterocycles. The minimum atomic E-state index is -4.64. The van der Waals surface area contributed by atoms with Gasteiger partial charge in [0.1, 0.15) is 17.1 Å². The normalized spacial score (nSPS) is 11.3. The largest absolute Gasteiger partial charge is 0.495 e. The number of pyridine rings is 1. The van der Waals surface area contributed by atoms with Crippen LogP contribution in [0.15, 0.2) is 54.0 Å². The van der Waals surface area contributed by atoms with Crippen LogP contribution in [0.2, 0.25) is 10.0 Å². The van der Waals surface area contributed by atoms with Gasteiger partial charge in [0.15, 0.2) is 0 Å². The van der Waals surface area contributed by atoms with Gasteiger partial charge < -0.3 is 20.1 Å². The van der Waals surface area contributed by atoms with Gasteiger partial charge in [0.2, 0.25) is 11.9 Å². The summed E-state index contributed by atoms with van der Waals surface area (Å²) in [5, 5.41) is 5.73. The van der Waals surface area contributed by atoms with Crippen molar-refractivity contribution in [3.8, 4) is 22.6 Å². The van der Waals surface area contributed by atoms with Crippen LogP contribution >= 0.6 is 23.2 Å². The molecule has 0 unspecified atom stereocenters. The van der Waals surface area contributed by atoms with Crippen LogP contribution in [0.1, 0.15) is 5.56 Å². The van der Waals surface area contributed by atoms with E-state index in [0.717, 1.165) is 24.3 Å². The third-order valence-corrected chi connectivity index (χ3v) is 6.58. The number of amides is 1. The summed E-state index contributed by atoms with van der Waals surface area (Å²) >= 11 is 13.0. The van der Waals surface area contributed by atoms with E-state index in [4.69, 9.17) is 32.7 Å². The van der Waals surface area contributed by atoms with E-state index in [2.05, 4.69) is 27.2 Å². The van der Waals surface area contributed by atoms with Gasteiger partial charge in [0.05, 0.1) is 46.8 Å². The number of carbonyl (C=O) groups is 1. The summed E-state index contributed by atoms with van der Waals surface area (Å²) in [4.78, 5) is 33.8. The standard InChI is InChI=1S/C26H20Cl2F3N5O4/c1-5-19(37)33-16-9-13(26(29,30)31)6-7-15(16)34-25-32-11-12-8-14(24(38)36(2)23(12)35-25)20-21(27)17(39-3)10-18(40-4)22(20)28/h5-11H,1H2,2-4H3,(H,33,37)(H,32,34,35). The number of alkyl halides is 3. The Labute approximate surface area is 235 Å². The minimum absolute atomic E-state index is 0.0526. The first-order valence-electron chi connectivity index (χ1n) is 11.3. The third-order valence-electron chi connectivity index (χ3n) is 5.83. The van der Waals surface area contributed by atoms with Crippen molar-refractivity contribution in [1.82, 2.24) is 14.5 Å². The molecular formula is C26H20Cl2F3N5O4. The molecule has 0 spiro atoms. The Morgan fingerprint density at radius 3 is 2.30 bits per heavy atom. The molecule has 2 N–H and O–H groups in total. The molecule has 0 radical (unpaired) electrons. The second-order valence-electron chi connectivity index (χ2n) is 8.26. The van der Waals surface area contributed by atoms with E-state index in [-0.39, 0.29) is 55.6 Å². The maximum absolute atomic E-state index is 13.4. The Bertz CT molecular complexity index is 1700. The third kappa shape index (κ3) is 5.40. The molecule has 2 aromatic carbocycles. The number of aromatic nitrogens is 3. The molecule has 9 nitrogen and oxygen atoms in total. The lowest BCUT2D eigenvalue weighted by Crippen LogP contribution is -2.20. The van der Waals surface area contributed by atoms with E-state index in [1.165, 1.54) is 44.2 Å². The molecule has 2 heterocycles. The number of hydrogen-bond donors (Lipinski definition) is 2. The number of methoxy groups -OCH3 is 2. The summed E-state index contributed by atoms with van der Waals surface area (Å²) in [5.41, 5.74) is -1.07. The number of carbonyl (C=O) groups excluding carboxylic acids is 1. The van der Waals surface area contributed by atoms with Gasteiger partial charge in [0, 0.05) is 30.3 Å². The second-order valence-corrected chi connectivity index (χ2v) is 9.01. The molecule has 0 aliphatic carbocycles. The van der Waals surface area contributed by atoms with E-state index < -0.39 is 23.2 Å². The summed E-state index contributed by atoms with van der Waals surface area (Å²) in [6.45, 7) is 3.31. The number of ether oxygens (including phenoxy) is 2. The monoisotopic (exact) mass is 593 g/mol. The average molecular weight is 594 g/mol. The number of halogens is 5. The highest BCUT2D eigenvalue weighted by molar-refractivity contribution is 6.41. The second kappa shape index (κ2) is 11.1. The van der Waals surface area contributed by atoms with Crippen LogP contribution in [-0.4, -0.2) is 34.7 Å². The topological polar surface area (TPSA) is 107 Å². The van der Waals surface area contributed by atoms with Gasteiger partial charge in [-0.3, -0.25) is 14.2 Å². The number of fused-ring (bicyclic) bond motifs is 1. The van der Waals surface area contributed by atoms with Crippen LogP contribution in [0.25, 0.3) is 22.2 Å². The maximum atomic E-state index is 13.4. The fraction of sp³-hybridized carbons (Fsp3) is 0.154. The van der Waals surface area contributed by atoms with E-state index in [9.17, 15) is 22.8 Å². The van der Waals surface area contributed by atoms with Crippen LogP contribution in [0.4, 0.5) is 30.5 Å². The van der Waals surface area contributed by atoms with Gasteiger partial charge in [-0.2, -0.15) is 18.2 Å². The Morgan fingerprint density at radius 1 is 1.07 bits per heavy atom. The summed E-state index contributed by atoms with van der Waals surface area (Å²) in [7, 11) is 4.28. The molecule has 0 aliphatic heterocycles. The Hall–Kier alpha value is -4.29. The molecule has 4 aromatic rings. The predicted octanol–water partition coefficient (Wildman–Crippen LogP) is 6.21. The van der Waals surface area contributed by atoms with E-state index in [0.29, 0.717) is 5.39 Å². The smallest absolute Gasteiger partial charge is 0.416 e. The van der Waals surface area contributed by atoms with Crippen LogP contribution in [0.5, 0.6) is 11.5 Å². The summed E-state index contributed by atoms with van der Waals surface area (Å²) in [5.74, 6) is -0.287. The summed E-state index contributed by atoms with van der Waals surface area (Å²) < 4.78 is 51.6. The van der Waals surface area contributed by atoms with Crippen LogP contribution < -0.4 is 25.7 Å². The van der Waals surface area contributed by atoms with Gasteiger partial charge in [-0.25, -0.2) is 4.98 Å². The lowest BCUT2D eigenvalue weighted by molar-refractivity contribution is -0.137. The van der Waals surface area contributed by atoms with E-state index in [1.54, 1.807) is 0 Å². The molecular weight excluding hydrogens is 574 g/mol. The van der Waals surface area contributed by atoms with Crippen molar-refractivity contribution in [2.45, 2.75) is 6.18 Å². The first-order chi connectivity index (χ1) is 18.9. The van der Waals surface area contributed by atoms with Crippen LogP contribution in [-0.2, 0) is 18.0 Å². The molecule has 14 heteroatoms. The lowest BCUT2D eigenvalue weighted by Gasteiger charge is -2.16. The average Bonchev–Trinajstić information content (AvgIpc) is 2.92. The molecule has 0 atom stereocenters. The molecule has 0 saturated carbocycles. The molecule has 0 fully saturated rings. The molecule has 0 aliphatic rings. The molecule has 4 rings (SSSR count). The highest BCUT2D eigenvalue weighted by atomic mass is 35.5. The fourth-order valence-corrected chi connectivity index (χ4v) is 4.55. The molecule has 0 bridgehead atoms. The van der Waals surface area contributed by atoms with Crippen molar-refractivity contribution in [3.63, 3.8) is 0 Å². The van der Waals surface area contributed by atoms with E-state index >= 15 is 0 Å². The highest BCUT2D eigenvalue weighted by Crippen LogP contribution is 2.45. The van der Waals surface area contributed by atoms with Gasteiger partial charge in [0.25, 0.3) is 5.56 Å². The SMILES string of the molecule is C=CC(=O)Nc1cc(C(F)(F)F)ccc1Nc1ncc2cc(-c3c(Cl)c(OC)cc(OC)c3Cl)c(=O)n(C)c2n1. The van der Waals surface area contributed by atoms with Crippen molar-refractivity contribution in [2.24, 2.45) is 7.05 Å². The Kier molecular flexibility index (Phi) is 7.94. The number of nitrogens with one attached hydrogen (secondary N) is 2. The first kappa shape index (κ1) is 28.7. The highest BCUT2D eigenvalue weighted by Gasteiger charge is 2.31. The van der Waals surface area contributed by atoms with Crippen molar-refractivity contribution < 1.29 is 27.4 Å². The number of rotatable bonds is 7. The first-order valence-corrected chi connectivity index (χ1v) is 12.0. The Morgan fingerprint density at radius 2 is 1.73 bits per heavy atom. The number of anilines is 3. The fourth-order valence-electron chi connectivity index (χ4n) is 3.85. The van der Waals surface area contributed by atoms with Gasteiger partial charge in [-0.15, -0.1) is 0 Å². The number of benzene rings is 2. The molecule has 40 heavy (non-hydrogen) atoms. The van der Waals surface area contributed by atoms with Gasteiger partial charge in [-0.05, 0) is 30.3 Å². The quantitative estimate of drug-likeness (QED) is 0.245. The van der Waals surface area contributed by atoms with E-state index in [1.807, 2.05) is 0 Å². The predicted molar refractivity (Wildman–Crippen MR) is 147 cm³/mol. The number of nitrogens with zero attached hydrogens (tertiary/aromatic N) is 3. The van der Waals surface area contributed by atoms with Gasteiger partial charge >= 0.3 is 6.18 Å². The summed E-state index contributed by atoms with van der Waals surface area (Å²) in [6.07, 6.45) is -2.32. The Balaban J connectivity index is 1.82. The zero-order valence-electron chi connectivity index (χ0n) is 21.1. The molecule has 2 aromatic heterocycles. The lowest BCUT2D eigenvalue weighted by atomic mass is 10.0. The van der Waals surface area contributed by atoms with Crippen LogP contribution in [0, 0.1) is 0 Å². The minimum Gasteiger partial charge on any atom is -0.495 e. The molecule has 1 amide bonds. The number of hydrogen-bond acceptors (Lipinski definition) is 7. The van der Waals surface area contributed by atoms with Crippen molar-refractivity contribution in [2.75, 3.05) is 24.9 Å². The van der Waals surface area contributed by atoms with Gasteiger partial charge in [-0.1, -0.05) is 29.8 Å². The maximum Gasteiger partial charge on any atom is 0.416 e. The summed E-state index contributed by atoms with van der Waals surface area (Å²) in [6, 6.07) is 5.72. The molecule has 208 valence electrons. The van der Waals surface area contributed by atoms with Crippen molar-refractivity contribution in [1.29, 1.82) is 0 Å².